The lowest BCUT2D eigenvalue weighted by Gasteiger charge is -2.09. The molecule has 2 N–H and O–H groups in total. The van der Waals surface area contributed by atoms with Gasteiger partial charge in [-0.05, 0) is 12.1 Å². The van der Waals surface area contributed by atoms with Gasteiger partial charge in [-0.3, -0.25) is 10.1 Å². The van der Waals surface area contributed by atoms with Crippen LogP contribution < -0.4 is 14.8 Å². The van der Waals surface area contributed by atoms with Crippen molar-refractivity contribution in [3.8, 4) is 5.75 Å². The van der Waals surface area contributed by atoms with Crippen LogP contribution >= 0.6 is 0 Å². The average Bonchev–Trinajstić information content (AvgIpc) is 3.24. The van der Waals surface area contributed by atoms with Gasteiger partial charge in [0, 0.05) is 6.07 Å². The molecule has 1 aromatic carbocycles. The van der Waals surface area contributed by atoms with Crippen molar-refractivity contribution in [1.82, 2.24) is 25.1 Å². The van der Waals surface area contributed by atoms with Gasteiger partial charge in [0.15, 0.2) is 0 Å². The lowest BCUT2D eigenvalue weighted by atomic mass is 10.3. The van der Waals surface area contributed by atoms with E-state index in [1.165, 1.54) is 18.2 Å². The number of urea groups is 1. The van der Waals surface area contributed by atoms with Gasteiger partial charge >= 0.3 is 6.03 Å². The largest absolute Gasteiger partial charge is 0.488 e. The average molecular weight is 431 g/mol. The van der Waals surface area contributed by atoms with E-state index in [4.69, 9.17) is 9.15 Å². The van der Waals surface area contributed by atoms with E-state index >= 15 is 0 Å². The Morgan fingerprint density at radius 2 is 2.03 bits per heavy atom. The molecule has 0 radical (unpaired) electrons. The van der Waals surface area contributed by atoms with Crippen LogP contribution in [0, 0.1) is 0 Å². The second kappa shape index (κ2) is 8.48. The first-order valence-corrected chi connectivity index (χ1v) is 9.62. The van der Waals surface area contributed by atoms with Gasteiger partial charge in [0.2, 0.25) is 27.7 Å². The number of hydrogen-bond acceptors (Lipinski definition) is 8. The molecule has 11 nitrogen and oxygen atoms in total. The smallest absolute Gasteiger partial charge is 0.325 e. The van der Waals surface area contributed by atoms with Crippen LogP contribution in [-0.4, -0.2) is 55.0 Å². The van der Waals surface area contributed by atoms with Crippen LogP contribution in [-0.2, 0) is 27.9 Å². The number of carbonyl (C=O) groups is 2. The van der Waals surface area contributed by atoms with Crippen molar-refractivity contribution in [2.75, 3.05) is 13.2 Å². The summed E-state index contributed by atoms with van der Waals surface area (Å²) in [7, 11) is -4.01. The van der Waals surface area contributed by atoms with E-state index in [2.05, 4.69) is 20.2 Å². The summed E-state index contributed by atoms with van der Waals surface area (Å²) in [4.78, 5) is 23.6. The first-order chi connectivity index (χ1) is 13.7. The number of amides is 3. The van der Waals surface area contributed by atoms with E-state index in [1.807, 2.05) is 0 Å². The first kappa shape index (κ1) is 20.6. The van der Waals surface area contributed by atoms with Crippen molar-refractivity contribution in [1.29, 1.82) is 0 Å². The molecule has 14 heteroatoms. The molecule has 1 fully saturated rings. The summed E-state index contributed by atoms with van der Waals surface area (Å²) < 4.78 is 61.4. The zero-order valence-corrected chi connectivity index (χ0v) is 15.5. The van der Waals surface area contributed by atoms with Gasteiger partial charge in [-0.25, -0.2) is 26.7 Å². The monoisotopic (exact) mass is 431 g/mol. The molecule has 29 heavy (non-hydrogen) atoms. The lowest BCUT2D eigenvalue weighted by molar-refractivity contribution is -0.118. The Balaban J connectivity index is 1.59. The third-order valence-corrected chi connectivity index (χ3v) is 5.01. The van der Waals surface area contributed by atoms with Gasteiger partial charge in [-0.2, -0.15) is 0 Å². The summed E-state index contributed by atoms with van der Waals surface area (Å²) in [6.07, 6.45) is -2.69. The van der Waals surface area contributed by atoms with Crippen LogP contribution in [0.4, 0.5) is 13.6 Å². The molecule has 3 amide bonds. The number of alkyl halides is 2. The number of rotatable bonds is 9. The Morgan fingerprint density at radius 1 is 1.28 bits per heavy atom. The summed E-state index contributed by atoms with van der Waals surface area (Å²) in [5.74, 6) is -0.528. The number of nitrogens with zero attached hydrogens (tertiary/aromatic N) is 3. The van der Waals surface area contributed by atoms with Crippen molar-refractivity contribution < 1.29 is 35.9 Å². The van der Waals surface area contributed by atoms with E-state index in [0.717, 1.165) is 11.0 Å². The van der Waals surface area contributed by atoms with Gasteiger partial charge in [-0.15, -0.1) is 10.2 Å². The molecule has 0 saturated carbocycles. The summed E-state index contributed by atoms with van der Waals surface area (Å²) in [6.45, 7) is -1.46. The summed E-state index contributed by atoms with van der Waals surface area (Å²) in [5, 5.41) is 9.45. The molecular formula is C15H15F2N5O6S. The highest BCUT2D eigenvalue weighted by Crippen LogP contribution is 2.18. The Labute approximate surface area is 163 Å². The molecule has 3 rings (SSSR count). The van der Waals surface area contributed by atoms with Crippen LogP contribution in [0.15, 0.2) is 33.6 Å². The Hall–Kier alpha value is -3.13. The maximum atomic E-state index is 12.4. The number of imide groups is 1. The van der Waals surface area contributed by atoms with Gasteiger partial charge in [0.05, 0.1) is 11.4 Å². The highest BCUT2D eigenvalue weighted by atomic mass is 32.2. The number of ether oxygens (including phenoxy) is 1. The minimum atomic E-state index is -4.01. The first-order valence-electron chi connectivity index (χ1n) is 8.13. The lowest BCUT2D eigenvalue weighted by Crippen LogP contribution is -2.27. The van der Waals surface area contributed by atoms with E-state index < -0.39 is 35.0 Å². The minimum Gasteiger partial charge on any atom is -0.488 e. The third kappa shape index (κ3) is 5.45. The summed E-state index contributed by atoms with van der Waals surface area (Å²) >= 11 is 0. The van der Waals surface area contributed by atoms with Crippen LogP contribution in [0.2, 0.25) is 0 Å². The molecule has 156 valence electrons. The van der Waals surface area contributed by atoms with Crippen LogP contribution in [0.1, 0.15) is 11.8 Å². The third-order valence-electron chi connectivity index (χ3n) is 3.61. The van der Waals surface area contributed by atoms with Crippen LogP contribution in [0.3, 0.4) is 0 Å². The zero-order chi connectivity index (χ0) is 21.0. The van der Waals surface area contributed by atoms with E-state index in [0.29, 0.717) is 0 Å². The topological polar surface area (TPSA) is 144 Å². The molecule has 1 aliphatic heterocycles. The molecule has 2 aromatic rings. The van der Waals surface area contributed by atoms with Crippen LogP contribution in [0.5, 0.6) is 5.75 Å². The molecule has 0 bridgehead atoms. The molecule has 1 aromatic heterocycles. The van der Waals surface area contributed by atoms with Crippen molar-refractivity contribution in [3.05, 3.63) is 36.0 Å². The van der Waals surface area contributed by atoms with Gasteiger partial charge in [0.25, 0.3) is 6.43 Å². The fourth-order valence-electron chi connectivity index (χ4n) is 2.33. The fourth-order valence-corrected chi connectivity index (χ4v) is 3.34. The summed E-state index contributed by atoms with van der Waals surface area (Å²) in [6, 6.07) is 4.48. The highest BCUT2D eigenvalue weighted by molar-refractivity contribution is 7.89. The molecule has 0 unspecified atom stereocenters. The zero-order valence-electron chi connectivity index (χ0n) is 14.7. The molecule has 1 aliphatic rings. The predicted molar refractivity (Wildman–Crippen MR) is 90.2 cm³/mol. The van der Waals surface area contributed by atoms with Gasteiger partial charge in [0.1, 0.15) is 25.4 Å². The molecule has 1 saturated heterocycles. The second-order valence-corrected chi connectivity index (χ2v) is 7.57. The van der Waals surface area contributed by atoms with Crippen molar-refractivity contribution >= 4 is 22.0 Å². The summed E-state index contributed by atoms with van der Waals surface area (Å²) in [5.41, 5.74) is 0. The SMILES string of the molecule is O=C1CN(Cc2nnc(CNS(=O)(=O)c3cccc(OCC(F)F)c3)o2)C(=O)N1. The molecule has 0 spiro atoms. The minimum absolute atomic E-state index is 0.0199. The van der Waals surface area contributed by atoms with Crippen molar-refractivity contribution in [2.45, 2.75) is 24.4 Å². The maximum absolute atomic E-state index is 12.4. The van der Waals surface area contributed by atoms with E-state index in [-0.39, 0.29) is 42.1 Å². The normalized spacial score (nSPS) is 14.5. The fraction of sp³-hybridized carbons (Fsp3) is 0.333. The Kier molecular flexibility index (Phi) is 6.03. The van der Waals surface area contributed by atoms with E-state index in [9.17, 15) is 26.8 Å². The number of halogens is 2. The number of aromatic nitrogens is 2. The van der Waals surface area contributed by atoms with E-state index in [1.54, 1.807) is 0 Å². The predicted octanol–water partition coefficient (Wildman–Crippen LogP) is 0.244. The van der Waals surface area contributed by atoms with Crippen molar-refractivity contribution in [2.24, 2.45) is 0 Å². The molecule has 0 atom stereocenters. The maximum Gasteiger partial charge on any atom is 0.325 e. The Bertz CT molecular complexity index is 1010. The Morgan fingerprint density at radius 3 is 2.72 bits per heavy atom. The standard InChI is InChI=1S/C15H15F2N5O6S/c16-11(17)8-27-9-2-1-3-10(4-9)29(25,26)18-5-13-20-21-14(28-13)7-22-6-12(23)19-15(22)24/h1-4,11,18H,5-8H2,(H,19,23,24). The molecular weight excluding hydrogens is 416 g/mol. The number of benzene rings is 1. The number of nitrogens with one attached hydrogen (secondary N) is 2. The highest BCUT2D eigenvalue weighted by Gasteiger charge is 2.28. The molecule has 2 heterocycles. The number of hydrogen-bond donors (Lipinski definition) is 2. The quantitative estimate of drug-likeness (QED) is 0.538. The molecule has 0 aliphatic carbocycles. The van der Waals surface area contributed by atoms with Gasteiger partial charge < -0.3 is 14.1 Å². The second-order valence-electron chi connectivity index (χ2n) is 5.80. The number of sulfonamides is 1. The van der Waals surface area contributed by atoms with Crippen molar-refractivity contribution in [3.63, 3.8) is 0 Å². The van der Waals surface area contributed by atoms with Gasteiger partial charge in [-0.1, -0.05) is 6.07 Å². The van der Waals surface area contributed by atoms with Crippen LogP contribution in [0.25, 0.3) is 0 Å². The number of carbonyl (C=O) groups excluding carboxylic acids is 2.